The molecule has 0 aliphatic carbocycles. The molecule has 0 radical (unpaired) electrons. The molecule has 16 heavy (non-hydrogen) atoms. The molecule has 0 fully saturated rings. The number of hydrogen-bond acceptors (Lipinski definition) is 2. The number of unbranched alkanes of at least 4 members (excludes halogenated alkanes) is 5. The Morgan fingerprint density at radius 3 is 2.44 bits per heavy atom. The van der Waals surface area contributed by atoms with Crippen LogP contribution in [0.15, 0.2) is 24.3 Å². The van der Waals surface area contributed by atoms with E-state index in [-0.39, 0.29) is 5.97 Å². The van der Waals surface area contributed by atoms with Gasteiger partial charge in [0.15, 0.2) is 0 Å². The van der Waals surface area contributed by atoms with E-state index in [1.54, 1.807) is 0 Å². The van der Waals surface area contributed by atoms with Crippen LogP contribution in [0.1, 0.15) is 52.4 Å². The Morgan fingerprint density at radius 2 is 1.75 bits per heavy atom. The first kappa shape index (κ1) is 14.9. The van der Waals surface area contributed by atoms with Crippen molar-refractivity contribution in [3.63, 3.8) is 0 Å². The highest BCUT2D eigenvalue weighted by Crippen LogP contribution is 2.06. The van der Waals surface area contributed by atoms with Crippen LogP contribution in [-0.4, -0.2) is 12.6 Å². The third-order valence-electron chi connectivity index (χ3n) is 2.26. The summed E-state index contributed by atoms with van der Waals surface area (Å²) in [5, 5.41) is 0. The summed E-state index contributed by atoms with van der Waals surface area (Å²) in [6.07, 6.45) is 15.5. The van der Waals surface area contributed by atoms with Crippen molar-refractivity contribution in [2.75, 3.05) is 6.61 Å². The summed E-state index contributed by atoms with van der Waals surface area (Å²) in [7, 11) is 0. The molecule has 0 saturated carbocycles. The number of allylic oxidation sites excluding steroid dienone is 4. The van der Waals surface area contributed by atoms with Crippen LogP contribution in [0, 0.1) is 0 Å². The molecule has 0 atom stereocenters. The zero-order valence-corrected chi connectivity index (χ0v) is 10.6. The second kappa shape index (κ2) is 12.0. The molecular formula is C14H24O2. The zero-order chi connectivity index (χ0) is 12.1. The van der Waals surface area contributed by atoms with Gasteiger partial charge in [0.25, 0.3) is 0 Å². The molecule has 0 aromatic carbocycles. The smallest absolute Gasteiger partial charge is 0.302 e. The molecule has 2 heteroatoms. The quantitative estimate of drug-likeness (QED) is 0.336. The van der Waals surface area contributed by atoms with Crippen molar-refractivity contribution in [2.45, 2.75) is 52.4 Å². The van der Waals surface area contributed by atoms with Gasteiger partial charge < -0.3 is 4.74 Å². The van der Waals surface area contributed by atoms with Gasteiger partial charge in [-0.1, -0.05) is 43.6 Å². The molecule has 2 nitrogen and oxygen atoms in total. The Balaban J connectivity index is 3.07. The maximum atomic E-state index is 10.5. The minimum atomic E-state index is -0.172. The maximum absolute atomic E-state index is 10.5. The minimum absolute atomic E-state index is 0.172. The van der Waals surface area contributed by atoms with Gasteiger partial charge in [-0.05, 0) is 26.2 Å². The van der Waals surface area contributed by atoms with Gasteiger partial charge in [0.2, 0.25) is 0 Å². The molecule has 92 valence electrons. The summed E-state index contributed by atoms with van der Waals surface area (Å²) in [6.45, 7) is 4.06. The number of hydrogen-bond donors (Lipinski definition) is 0. The van der Waals surface area contributed by atoms with Gasteiger partial charge in [0.1, 0.15) is 0 Å². The molecule has 0 spiro atoms. The van der Waals surface area contributed by atoms with Crippen LogP contribution in [0.4, 0.5) is 0 Å². The lowest BCUT2D eigenvalue weighted by Crippen LogP contribution is -1.99. The summed E-state index contributed by atoms with van der Waals surface area (Å²) in [4.78, 5) is 10.5. The predicted octanol–water partition coefficient (Wildman–Crippen LogP) is 4.02. The van der Waals surface area contributed by atoms with Crippen LogP contribution >= 0.6 is 0 Å². The Labute approximate surface area is 99.4 Å². The second-order valence-corrected chi connectivity index (χ2v) is 3.85. The van der Waals surface area contributed by atoms with Gasteiger partial charge in [-0.3, -0.25) is 4.79 Å². The monoisotopic (exact) mass is 224 g/mol. The lowest BCUT2D eigenvalue weighted by Gasteiger charge is -2.01. The van der Waals surface area contributed by atoms with Gasteiger partial charge in [-0.25, -0.2) is 0 Å². The first-order chi connectivity index (χ1) is 7.77. The van der Waals surface area contributed by atoms with Crippen molar-refractivity contribution < 1.29 is 9.53 Å². The molecule has 0 aromatic rings. The van der Waals surface area contributed by atoms with Gasteiger partial charge in [0.05, 0.1) is 6.61 Å². The van der Waals surface area contributed by atoms with Crippen molar-refractivity contribution in [2.24, 2.45) is 0 Å². The van der Waals surface area contributed by atoms with E-state index in [0.717, 1.165) is 19.3 Å². The fraction of sp³-hybridized carbons (Fsp3) is 0.643. The first-order valence-electron chi connectivity index (χ1n) is 6.18. The van der Waals surface area contributed by atoms with Crippen LogP contribution in [0.25, 0.3) is 0 Å². The molecule has 0 unspecified atom stereocenters. The number of rotatable bonds is 9. The number of carbonyl (C=O) groups is 1. The molecule has 0 aromatic heterocycles. The van der Waals surface area contributed by atoms with Crippen molar-refractivity contribution in [3.8, 4) is 0 Å². The van der Waals surface area contributed by atoms with E-state index in [1.807, 2.05) is 13.0 Å². The van der Waals surface area contributed by atoms with Crippen LogP contribution in [-0.2, 0) is 9.53 Å². The van der Waals surface area contributed by atoms with Crippen molar-refractivity contribution in [3.05, 3.63) is 24.3 Å². The maximum Gasteiger partial charge on any atom is 0.302 e. The van der Waals surface area contributed by atoms with E-state index >= 15 is 0 Å². The molecule has 0 saturated heterocycles. The number of ether oxygens (including phenoxy) is 1. The van der Waals surface area contributed by atoms with Crippen LogP contribution in [0.5, 0.6) is 0 Å². The predicted molar refractivity (Wildman–Crippen MR) is 68.3 cm³/mol. The molecule has 0 amide bonds. The minimum Gasteiger partial charge on any atom is -0.466 e. The summed E-state index contributed by atoms with van der Waals surface area (Å²) < 4.78 is 4.86. The molecule has 0 rings (SSSR count). The summed E-state index contributed by atoms with van der Waals surface area (Å²) >= 11 is 0. The van der Waals surface area contributed by atoms with Crippen LogP contribution in [0.2, 0.25) is 0 Å². The lowest BCUT2D eigenvalue weighted by atomic mass is 10.1. The van der Waals surface area contributed by atoms with E-state index in [4.69, 9.17) is 4.74 Å². The summed E-state index contributed by atoms with van der Waals surface area (Å²) in [5.41, 5.74) is 0. The van der Waals surface area contributed by atoms with Gasteiger partial charge >= 0.3 is 5.97 Å². The SMILES string of the molecule is C/C=C\C=C/CCCCCCCOC(C)=O. The average Bonchev–Trinajstić information content (AvgIpc) is 2.25. The van der Waals surface area contributed by atoms with E-state index < -0.39 is 0 Å². The third-order valence-corrected chi connectivity index (χ3v) is 2.26. The van der Waals surface area contributed by atoms with E-state index in [1.165, 1.54) is 26.2 Å². The van der Waals surface area contributed by atoms with Crippen molar-refractivity contribution in [1.29, 1.82) is 0 Å². The van der Waals surface area contributed by atoms with E-state index in [0.29, 0.717) is 6.61 Å². The standard InChI is InChI=1S/C14H24O2/c1-3-4-5-6-7-8-9-10-11-12-13-16-14(2)15/h3-6H,7-13H2,1-2H3/b4-3-,6-5-. The molecular weight excluding hydrogens is 200 g/mol. The first-order valence-corrected chi connectivity index (χ1v) is 6.18. The van der Waals surface area contributed by atoms with Gasteiger partial charge in [-0.2, -0.15) is 0 Å². The van der Waals surface area contributed by atoms with Gasteiger partial charge in [0, 0.05) is 6.92 Å². The third kappa shape index (κ3) is 12.9. The van der Waals surface area contributed by atoms with Crippen molar-refractivity contribution in [1.82, 2.24) is 0 Å². The van der Waals surface area contributed by atoms with Gasteiger partial charge in [-0.15, -0.1) is 0 Å². The second-order valence-electron chi connectivity index (χ2n) is 3.85. The summed E-state index contributed by atoms with van der Waals surface area (Å²) in [6, 6.07) is 0. The fourth-order valence-electron chi connectivity index (χ4n) is 1.40. The van der Waals surface area contributed by atoms with E-state index in [2.05, 4.69) is 18.2 Å². The van der Waals surface area contributed by atoms with Crippen molar-refractivity contribution >= 4 is 5.97 Å². The number of esters is 1. The highest BCUT2D eigenvalue weighted by molar-refractivity contribution is 5.65. The largest absolute Gasteiger partial charge is 0.466 e. The molecule has 0 bridgehead atoms. The van der Waals surface area contributed by atoms with Crippen LogP contribution in [0.3, 0.4) is 0 Å². The number of carbonyl (C=O) groups excluding carboxylic acids is 1. The summed E-state index contributed by atoms with van der Waals surface area (Å²) in [5.74, 6) is -0.172. The molecule has 0 aliphatic rings. The van der Waals surface area contributed by atoms with E-state index in [9.17, 15) is 4.79 Å². The Hall–Kier alpha value is -1.05. The lowest BCUT2D eigenvalue weighted by molar-refractivity contribution is -0.141. The van der Waals surface area contributed by atoms with Crippen LogP contribution < -0.4 is 0 Å². The zero-order valence-electron chi connectivity index (χ0n) is 10.6. The Kier molecular flexibility index (Phi) is 11.2. The Bertz CT molecular complexity index is 217. The molecule has 0 aliphatic heterocycles. The fourth-order valence-corrected chi connectivity index (χ4v) is 1.40. The Morgan fingerprint density at radius 1 is 1.06 bits per heavy atom. The molecule has 0 heterocycles. The molecule has 0 N–H and O–H groups in total. The highest BCUT2D eigenvalue weighted by Gasteiger charge is 1.93. The highest BCUT2D eigenvalue weighted by atomic mass is 16.5. The topological polar surface area (TPSA) is 26.3 Å². The normalized spacial score (nSPS) is 11.4. The average molecular weight is 224 g/mol.